The van der Waals surface area contributed by atoms with E-state index in [9.17, 15) is 0 Å². The molecule has 0 unspecified atom stereocenters. The topological polar surface area (TPSA) is 98.7 Å². The Labute approximate surface area is 51.4 Å². The third-order valence-corrected chi connectivity index (χ3v) is 0.424. The number of hydrogen-bond donors (Lipinski definition) is 2. The number of hydrazine groups is 2. The van der Waals surface area contributed by atoms with Crippen LogP contribution in [0.2, 0.25) is 0 Å². The van der Waals surface area contributed by atoms with Crippen LogP contribution < -0.4 is 10.9 Å². The predicted molar refractivity (Wildman–Crippen MR) is 24.9 cm³/mol. The van der Waals surface area contributed by atoms with Crippen molar-refractivity contribution in [1.29, 1.82) is 15.8 Å². The zero-order valence-corrected chi connectivity index (χ0v) is 4.29. The maximum atomic E-state index is 8.04. The van der Waals surface area contributed by atoms with Gasteiger partial charge in [-0.15, -0.1) is 5.12 Å². The van der Waals surface area contributed by atoms with Crippen LogP contribution in [0, 0.1) is 34.4 Å². The minimum Gasteiger partial charge on any atom is -0.205 e. The number of nitrogens with one attached hydrogen (secondary N) is 2. The average molecular weight is 122 g/mol. The molecule has 0 rings (SSSR count). The summed E-state index contributed by atoms with van der Waals surface area (Å²) in [4.78, 5) is 0. The number of nitrogens with zero attached hydrogens (tertiary/aromatic N) is 4. The van der Waals surface area contributed by atoms with E-state index in [0.29, 0.717) is 5.12 Å². The molecule has 6 heteroatoms. The van der Waals surface area contributed by atoms with Crippen molar-refractivity contribution < 1.29 is 0 Å². The molecule has 0 fully saturated rings. The van der Waals surface area contributed by atoms with E-state index in [-0.39, 0.29) is 0 Å². The average Bonchev–Trinajstić information content (AvgIpc) is 1.88. The van der Waals surface area contributed by atoms with Crippen molar-refractivity contribution >= 4 is 0 Å². The molecule has 0 aliphatic carbocycles. The van der Waals surface area contributed by atoms with Crippen LogP contribution in [0.4, 0.5) is 0 Å². The van der Waals surface area contributed by atoms with Gasteiger partial charge < -0.3 is 0 Å². The Morgan fingerprint density at radius 2 is 1.44 bits per heavy atom. The summed E-state index contributed by atoms with van der Waals surface area (Å²) in [7, 11) is 0. The molecule has 0 spiro atoms. The molecule has 0 atom stereocenters. The second-order valence-corrected chi connectivity index (χ2v) is 0.883. The van der Waals surface area contributed by atoms with E-state index in [1.807, 2.05) is 10.9 Å². The van der Waals surface area contributed by atoms with E-state index in [1.54, 1.807) is 0 Å². The Kier molecular flexibility index (Phi) is 3.08. The first-order chi connectivity index (χ1) is 4.35. The van der Waals surface area contributed by atoms with Crippen LogP contribution >= 0.6 is 0 Å². The number of nitriles is 3. The largest absolute Gasteiger partial charge is 0.222 e. The van der Waals surface area contributed by atoms with Crippen LogP contribution in [0.25, 0.3) is 0 Å². The second kappa shape index (κ2) is 4.04. The van der Waals surface area contributed by atoms with Gasteiger partial charge in [0.2, 0.25) is 6.19 Å². The highest BCUT2D eigenvalue weighted by atomic mass is 15.7. The normalized spacial score (nSPS) is 5.44. The fraction of sp³-hybridized carbons (Fsp3) is 0. The third kappa shape index (κ3) is 2.55. The quantitative estimate of drug-likeness (QED) is 0.269. The van der Waals surface area contributed by atoms with E-state index in [2.05, 4.69) is 0 Å². The lowest BCUT2D eigenvalue weighted by Gasteiger charge is -2.05. The summed E-state index contributed by atoms with van der Waals surface area (Å²) in [6.07, 6.45) is 4.36. The lowest BCUT2D eigenvalue weighted by Crippen LogP contribution is -2.39. The fourth-order valence-electron chi connectivity index (χ4n) is 0.178. The first-order valence-electron chi connectivity index (χ1n) is 1.84. The third-order valence-electron chi connectivity index (χ3n) is 0.424. The maximum absolute atomic E-state index is 8.04. The molecule has 0 heterocycles. The van der Waals surface area contributed by atoms with E-state index >= 15 is 0 Å². The van der Waals surface area contributed by atoms with Gasteiger partial charge in [0.05, 0.1) is 0 Å². The number of rotatable bonds is 2. The van der Waals surface area contributed by atoms with Crippen LogP contribution in [0.5, 0.6) is 0 Å². The highest BCUT2D eigenvalue weighted by Crippen LogP contribution is 1.63. The molecule has 0 aromatic carbocycles. The van der Waals surface area contributed by atoms with Crippen molar-refractivity contribution in [3.63, 3.8) is 0 Å². The summed E-state index contributed by atoms with van der Waals surface area (Å²) in [6.45, 7) is 0. The van der Waals surface area contributed by atoms with Crippen molar-refractivity contribution in [1.82, 2.24) is 16.0 Å². The molecule has 0 radical (unpaired) electrons. The van der Waals surface area contributed by atoms with Crippen LogP contribution in [-0.4, -0.2) is 5.12 Å². The summed E-state index contributed by atoms with van der Waals surface area (Å²) in [5, 5.41) is 24.4. The number of hydrogen-bond acceptors (Lipinski definition) is 6. The molecule has 0 amide bonds. The molecule has 44 valence electrons. The molecule has 0 saturated carbocycles. The molecule has 0 aromatic heterocycles. The summed E-state index contributed by atoms with van der Waals surface area (Å²) in [5.74, 6) is 0. The lowest BCUT2D eigenvalue weighted by molar-refractivity contribution is 0.286. The molecule has 0 saturated heterocycles. The van der Waals surface area contributed by atoms with Crippen LogP contribution in [0.3, 0.4) is 0 Å². The van der Waals surface area contributed by atoms with Crippen LogP contribution in [-0.2, 0) is 0 Å². The molecule has 0 aliphatic heterocycles. The van der Waals surface area contributed by atoms with E-state index < -0.39 is 0 Å². The molecule has 0 aliphatic rings. The van der Waals surface area contributed by atoms with Gasteiger partial charge in [0.1, 0.15) is 0 Å². The summed E-state index contributed by atoms with van der Waals surface area (Å²) in [5.41, 5.74) is 3.75. The van der Waals surface area contributed by atoms with Crippen molar-refractivity contribution in [3.8, 4) is 18.6 Å². The zero-order chi connectivity index (χ0) is 7.11. The molecule has 0 aromatic rings. The summed E-state index contributed by atoms with van der Waals surface area (Å²) >= 11 is 0. The van der Waals surface area contributed by atoms with Crippen molar-refractivity contribution in [3.05, 3.63) is 0 Å². The first-order valence-corrected chi connectivity index (χ1v) is 1.84. The maximum Gasteiger partial charge on any atom is 0.222 e. The van der Waals surface area contributed by atoms with E-state index in [1.165, 1.54) is 18.6 Å². The van der Waals surface area contributed by atoms with E-state index in [4.69, 9.17) is 15.8 Å². The van der Waals surface area contributed by atoms with Gasteiger partial charge in [-0.2, -0.15) is 15.8 Å². The van der Waals surface area contributed by atoms with Crippen LogP contribution in [0.1, 0.15) is 0 Å². The van der Waals surface area contributed by atoms with Gasteiger partial charge in [-0.25, -0.2) is 10.9 Å². The highest BCUT2D eigenvalue weighted by molar-refractivity contribution is 4.76. The van der Waals surface area contributed by atoms with Gasteiger partial charge in [0, 0.05) is 0 Å². The Balaban J connectivity index is 3.65. The van der Waals surface area contributed by atoms with Gasteiger partial charge in [0.15, 0.2) is 12.4 Å². The monoisotopic (exact) mass is 122 g/mol. The highest BCUT2D eigenvalue weighted by Gasteiger charge is 1.91. The smallest absolute Gasteiger partial charge is 0.205 e. The SMILES string of the molecule is N#CNN(C#N)NC#N. The fourth-order valence-corrected chi connectivity index (χ4v) is 0.178. The van der Waals surface area contributed by atoms with Gasteiger partial charge in [-0.05, 0) is 0 Å². The van der Waals surface area contributed by atoms with E-state index in [0.717, 1.165) is 0 Å². The standard InChI is InChI=1S/C3H2N6/c4-1-7-9(3-6)8-2-5/h7-8H. The predicted octanol–water partition coefficient (Wildman–Crippen LogP) is -1.26. The first kappa shape index (κ1) is 6.87. The van der Waals surface area contributed by atoms with Gasteiger partial charge >= 0.3 is 0 Å². The zero-order valence-electron chi connectivity index (χ0n) is 4.29. The lowest BCUT2D eigenvalue weighted by atomic mass is 11.2. The Morgan fingerprint density at radius 3 is 1.67 bits per heavy atom. The van der Waals surface area contributed by atoms with Gasteiger partial charge in [0.25, 0.3) is 0 Å². The molecule has 0 bridgehead atoms. The minimum absolute atomic E-state index is 0.569. The molecule has 9 heavy (non-hydrogen) atoms. The molecule has 2 N–H and O–H groups in total. The van der Waals surface area contributed by atoms with Gasteiger partial charge in [-0.3, -0.25) is 0 Å². The van der Waals surface area contributed by atoms with Crippen molar-refractivity contribution in [2.45, 2.75) is 0 Å². The van der Waals surface area contributed by atoms with Crippen molar-refractivity contribution in [2.75, 3.05) is 0 Å². The van der Waals surface area contributed by atoms with Crippen molar-refractivity contribution in [2.24, 2.45) is 0 Å². The summed E-state index contributed by atoms with van der Waals surface area (Å²) < 4.78 is 0. The summed E-state index contributed by atoms with van der Waals surface area (Å²) in [6, 6.07) is 0. The minimum atomic E-state index is 0.569. The molecular weight excluding hydrogens is 120 g/mol. The van der Waals surface area contributed by atoms with Crippen LogP contribution in [0.15, 0.2) is 0 Å². The Hall–Kier alpha value is -2.13. The Morgan fingerprint density at radius 1 is 1.00 bits per heavy atom. The Bertz CT molecular complexity index is 172. The molecular formula is C3H2N6. The second-order valence-electron chi connectivity index (χ2n) is 0.883. The molecule has 6 nitrogen and oxygen atoms in total. The van der Waals surface area contributed by atoms with Gasteiger partial charge in [-0.1, -0.05) is 0 Å².